The maximum absolute atomic E-state index is 11.3. The van der Waals surface area contributed by atoms with E-state index >= 15 is 0 Å². The van der Waals surface area contributed by atoms with E-state index < -0.39 is 0 Å². The van der Waals surface area contributed by atoms with Crippen molar-refractivity contribution in [2.24, 2.45) is 5.92 Å². The zero-order valence-corrected chi connectivity index (χ0v) is 8.70. The molecule has 1 saturated heterocycles. The van der Waals surface area contributed by atoms with E-state index in [2.05, 4.69) is 6.92 Å². The average Bonchev–Trinajstić information content (AvgIpc) is 2.85. The van der Waals surface area contributed by atoms with Crippen LogP contribution in [0.3, 0.4) is 0 Å². The summed E-state index contributed by atoms with van der Waals surface area (Å²) in [5.74, 6) is 0.571. The highest BCUT2D eigenvalue weighted by Gasteiger charge is 2.27. The number of hydrogen-bond donors (Lipinski definition) is 0. The molecule has 0 spiro atoms. The van der Waals surface area contributed by atoms with E-state index in [0.717, 1.165) is 12.8 Å². The predicted octanol–water partition coefficient (Wildman–Crippen LogP) is 1.90. The molecule has 0 aromatic heterocycles. The summed E-state index contributed by atoms with van der Waals surface area (Å²) in [5, 5.41) is 0. The Hall–Kier alpha value is -0.570. The van der Waals surface area contributed by atoms with Gasteiger partial charge >= 0.3 is 5.97 Å². The standard InChI is InChI=1S/C11H18O3/c1-8-2-5-10(14-8)7-13-11(12)6-9-3-4-9/h8-10H,2-7H2,1H3. The highest BCUT2D eigenvalue weighted by molar-refractivity contribution is 5.70. The molecule has 3 heteroatoms. The van der Waals surface area contributed by atoms with Crippen LogP contribution in [0.25, 0.3) is 0 Å². The van der Waals surface area contributed by atoms with Crippen molar-refractivity contribution < 1.29 is 14.3 Å². The molecule has 0 amide bonds. The highest BCUT2D eigenvalue weighted by atomic mass is 16.6. The average molecular weight is 198 g/mol. The monoisotopic (exact) mass is 198 g/mol. The van der Waals surface area contributed by atoms with Gasteiger partial charge in [0.1, 0.15) is 6.61 Å². The van der Waals surface area contributed by atoms with Gasteiger partial charge in [-0.1, -0.05) is 0 Å². The number of hydrogen-bond acceptors (Lipinski definition) is 3. The van der Waals surface area contributed by atoms with Crippen LogP contribution in [0.15, 0.2) is 0 Å². The highest BCUT2D eigenvalue weighted by Crippen LogP contribution is 2.32. The number of rotatable bonds is 4. The Morgan fingerprint density at radius 1 is 1.36 bits per heavy atom. The molecular weight excluding hydrogens is 180 g/mol. The van der Waals surface area contributed by atoms with Crippen LogP contribution >= 0.6 is 0 Å². The molecule has 2 atom stereocenters. The van der Waals surface area contributed by atoms with Crippen molar-refractivity contribution in [1.82, 2.24) is 0 Å². The van der Waals surface area contributed by atoms with Gasteiger partial charge in [0.15, 0.2) is 0 Å². The van der Waals surface area contributed by atoms with Crippen LogP contribution in [0.2, 0.25) is 0 Å². The molecule has 2 unspecified atom stereocenters. The van der Waals surface area contributed by atoms with Gasteiger partial charge in [-0.05, 0) is 38.5 Å². The Morgan fingerprint density at radius 3 is 2.71 bits per heavy atom. The van der Waals surface area contributed by atoms with Crippen molar-refractivity contribution in [2.45, 2.75) is 51.2 Å². The number of esters is 1. The normalized spacial score (nSPS) is 31.8. The van der Waals surface area contributed by atoms with Gasteiger partial charge in [0, 0.05) is 6.42 Å². The summed E-state index contributed by atoms with van der Waals surface area (Å²) in [4.78, 5) is 11.3. The number of ether oxygens (including phenoxy) is 2. The first-order valence-electron chi connectivity index (χ1n) is 5.55. The van der Waals surface area contributed by atoms with Crippen LogP contribution in [0.1, 0.15) is 39.0 Å². The quantitative estimate of drug-likeness (QED) is 0.647. The summed E-state index contributed by atoms with van der Waals surface area (Å²) in [6.45, 7) is 2.52. The minimum absolute atomic E-state index is 0.0457. The lowest BCUT2D eigenvalue weighted by Gasteiger charge is -2.11. The van der Waals surface area contributed by atoms with Crippen LogP contribution in [-0.2, 0) is 14.3 Å². The van der Waals surface area contributed by atoms with E-state index in [-0.39, 0.29) is 12.1 Å². The molecule has 0 bridgehead atoms. The second-order valence-corrected chi connectivity index (χ2v) is 4.48. The van der Waals surface area contributed by atoms with Gasteiger partial charge in [0.25, 0.3) is 0 Å². The van der Waals surface area contributed by atoms with Gasteiger partial charge in [0.05, 0.1) is 12.2 Å². The van der Waals surface area contributed by atoms with Gasteiger partial charge in [0.2, 0.25) is 0 Å². The first-order chi connectivity index (χ1) is 6.74. The first kappa shape index (κ1) is 9.97. The smallest absolute Gasteiger partial charge is 0.306 e. The summed E-state index contributed by atoms with van der Waals surface area (Å²) >= 11 is 0. The van der Waals surface area contributed by atoms with Crippen LogP contribution in [0, 0.1) is 5.92 Å². The zero-order valence-electron chi connectivity index (χ0n) is 8.70. The zero-order chi connectivity index (χ0) is 9.97. The van der Waals surface area contributed by atoms with Gasteiger partial charge in [-0.25, -0.2) is 0 Å². The Bertz CT molecular complexity index is 211. The molecule has 1 heterocycles. The number of carbonyl (C=O) groups is 1. The van der Waals surface area contributed by atoms with Crippen LogP contribution in [0.5, 0.6) is 0 Å². The molecule has 1 aliphatic heterocycles. The van der Waals surface area contributed by atoms with E-state index in [0.29, 0.717) is 25.0 Å². The minimum Gasteiger partial charge on any atom is -0.463 e. The first-order valence-corrected chi connectivity index (χ1v) is 5.55. The molecule has 2 fully saturated rings. The third-order valence-corrected chi connectivity index (χ3v) is 2.90. The second kappa shape index (κ2) is 4.30. The predicted molar refractivity (Wildman–Crippen MR) is 51.9 cm³/mol. The van der Waals surface area contributed by atoms with Crippen LogP contribution in [0.4, 0.5) is 0 Å². The second-order valence-electron chi connectivity index (χ2n) is 4.48. The van der Waals surface area contributed by atoms with E-state index in [1.807, 2.05) is 0 Å². The molecule has 2 rings (SSSR count). The molecule has 3 nitrogen and oxygen atoms in total. The molecular formula is C11H18O3. The molecule has 1 aliphatic carbocycles. The fourth-order valence-corrected chi connectivity index (χ4v) is 1.81. The van der Waals surface area contributed by atoms with Crippen LogP contribution < -0.4 is 0 Å². The number of carbonyl (C=O) groups excluding carboxylic acids is 1. The molecule has 2 aliphatic rings. The molecule has 80 valence electrons. The van der Waals surface area contributed by atoms with E-state index in [1.165, 1.54) is 12.8 Å². The van der Waals surface area contributed by atoms with Gasteiger partial charge in [-0.3, -0.25) is 4.79 Å². The maximum Gasteiger partial charge on any atom is 0.306 e. The van der Waals surface area contributed by atoms with E-state index in [1.54, 1.807) is 0 Å². The molecule has 0 aromatic carbocycles. The van der Waals surface area contributed by atoms with Crippen molar-refractivity contribution >= 4 is 5.97 Å². The summed E-state index contributed by atoms with van der Waals surface area (Å²) in [6, 6.07) is 0. The van der Waals surface area contributed by atoms with Gasteiger partial charge in [-0.2, -0.15) is 0 Å². The SMILES string of the molecule is CC1CCC(COC(=O)CC2CC2)O1. The Morgan fingerprint density at radius 2 is 2.14 bits per heavy atom. The summed E-state index contributed by atoms with van der Waals surface area (Å²) < 4.78 is 10.7. The summed E-state index contributed by atoms with van der Waals surface area (Å²) in [6.07, 6.45) is 5.61. The molecule has 0 aromatic rings. The third-order valence-electron chi connectivity index (χ3n) is 2.90. The Balaban J connectivity index is 1.59. The van der Waals surface area contributed by atoms with Crippen molar-refractivity contribution in [3.63, 3.8) is 0 Å². The fourth-order valence-electron chi connectivity index (χ4n) is 1.81. The Labute approximate surface area is 84.8 Å². The van der Waals surface area contributed by atoms with Gasteiger partial charge < -0.3 is 9.47 Å². The van der Waals surface area contributed by atoms with Crippen molar-refractivity contribution in [2.75, 3.05) is 6.61 Å². The van der Waals surface area contributed by atoms with Crippen molar-refractivity contribution in [1.29, 1.82) is 0 Å². The maximum atomic E-state index is 11.3. The van der Waals surface area contributed by atoms with Crippen molar-refractivity contribution in [3.8, 4) is 0 Å². The Kier molecular flexibility index (Phi) is 3.06. The topological polar surface area (TPSA) is 35.5 Å². The van der Waals surface area contributed by atoms with E-state index in [4.69, 9.17) is 9.47 Å². The largest absolute Gasteiger partial charge is 0.463 e. The summed E-state index contributed by atoms with van der Waals surface area (Å²) in [7, 11) is 0. The summed E-state index contributed by atoms with van der Waals surface area (Å²) in [5.41, 5.74) is 0. The molecule has 0 radical (unpaired) electrons. The molecule has 14 heavy (non-hydrogen) atoms. The lowest BCUT2D eigenvalue weighted by atomic mass is 10.2. The lowest BCUT2D eigenvalue weighted by molar-refractivity contribution is -0.147. The van der Waals surface area contributed by atoms with Crippen LogP contribution in [-0.4, -0.2) is 24.8 Å². The third kappa shape index (κ3) is 2.98. The van der Waals surface area contributed by atoms with Gasteiger partial charge in [-0.15, -0.1) is 0 Å². The minimum atomic E-state index is -0.0457. The van der Waals surface area contributed by atoms with Crippen molar-refractivity contribution in [3.05, 3.63) is 0 Å². The molecule has 1 saturated carbocycles. The van der Waals surface area contributed by atoms with E-state index in [9.17, 15) is 4.79 Å². The lowest BCUT2D eigenvalue weighted by Crippen LogP contribution is -2.19. The molecule has 0 N–H and O–H groups in total. The fraction of sp³-hybridized carbons (Fsp3) is 0.909.